The van der Waals surface area contributed by atoms with Crippen molar-refractivity contribution >= 4 is 5.91 Å². The van der Waals surface area contributed by atoms with Crippen LogP contribution in [0.15, 0.2) is 0 Å². The summed E-state index contributed by atoms with van der Waals surface area (Å²) in [6, 6.07) is 0. The Morgan fingerprint density at radius 3 is 2.07 bits per heavy atom. The second-order valence-electron chi connectivity index (χ2n) is 5.22. The molecule has 14 heavy (non-hydrogen) atoms. The number of carbonyl (C=O) groups excluding carboxylic acids is 1. The second kappa shape index (κ2) is 6.05. The maximum atomic E-state index is 11.5. The van der Waals surface area contributed by atoms with Crippen molar-refractivity contribution in [1.82, 2.24) is 5.32 Å². The van der Waals surface area contributed by atoms with E-state index in [1.165, 1.54) is 0 Å². The molecule has 0 aromatic rings. The van der Waals surface area contributed by atoms with Gasteiger partial charge in [-0.2, -0.15) is 0 Å². The van der Waals surface area contributed by atoms with Crippen LogP contribution in [-0.2, 0) is 4.79 Å². The van der Waals surface area contributed by atoms with Crippen LogP contribution in [0.2, 0.25) is 0 Å². The average molecular weight is 199 g/mol. The maximum Gasteiger partial charge on any atom is 0.220 e. The summed E-state index contributed by atoms with van der Waals surface area (Å²) in [5, 5.41) is 3.00. The summed E-state index contributed by atoms with van der Waals surface area (Å²) < 4.78 is 0. The maximum absolute atomic E-state index is 11.5. The van der Waals surface area contributed by atoms with Crippen molar-refractivity contribution in [2.24, 2.45) is 11.3 Å². The van der Waals surface area contributed by atoms with Gasteiger partial charge >= 0.3 is 0 Å². The lowest BCUT2D eigenvalue weighted by molar-refractivity contribution is -0.123. The Bertz CT molecular complexity index is 166. The largest absolute Gasteiger partial charge is 0.356 e. The van der Waals surface area contributed by atoms with Crippen LogP contribution in [0.5, 0.6) is 0 Å². The van der Waals surface area contributed by atoms with Gasteiger partial charge in [0.15, 0.2) is 0 Å². The monoisotopic (exact) mass is 199 g/mol. The van der Waals surface area contributed by atoms with Crippen LogP contribution >= 0.6 is 0 Å². The predicted molar refractivity (Wildman–Crippen MR) is 61.2 cm³/mol. The first-order valence-electron chi connectivity index (χ1n) is 5.65. The molecule has 0 saturated carbocycles. The molecule has 0 aromatic carbocycles. The fraction of sp³-hybridized carbons (Fsp3) is 0.917. The van der Waals surface area contributed by atoms with Crippen molar-refractivity contribution < 1.29 is 4.79 Å². The third-order valence-electron chi connectivity index (χ3n) is 2.43. The first-order valence-corrected chi connectivity index (χ1v) is 5.65. The molecule has 0 aromatic heterocycles. The van der Waals surface area contributed by atoms with E-state index in [2.05, 4.69) is 39.9 Å². The minimum Gasteiger partial charge on any atom is -0.356 e. The summed E-state index contributed by atoms with van der Waals surface area (Å²) in [7, 11) is 0. The molecular weight excluding hydrogens is 174 g/mol. The summed E-state index contributed by atoms with van der Waals surface area (Å²) in [6.07, 6.45) is 2.91. The lowest BCUT2D eigenvalue weighted by atomic mass is 9.92. The fourth-order valence-corrected chi connectivity index (χ4v) is 1.38. The highest BCUT2D eigenvalue weighted by Gasteiger charge is 2.16. The molecule has 0 unspecified atom stereocenters. The summed E-state index contributed by atoms with van der Waals surface area (Å²) in [5.74, 6) is 0.823. The summed E-state index contributed by atoms with van der Waals surface area (Å²) >= 11 is 0. The van der Waals surface area contributed by atoms with Gasteiger partial charge in [-0.3, -0.25) is 4.79 Å². The van der Waals surface area contributed by atoms with Crippen molar-refractivity contribution in [1.29, 1.82) is 0 Å². The van der Waals surface area contributed by atoms with E-state index < -0.39 is 0 Å². The Morgan fingerprint density at radius 2 is 1.71 bits per heavy atom. The van der Waals surface area contributed by atoms with E-state index >= 15 is 0 Å². The van der Waals surface area contributed by atoms with Crippen LogP contribution in [0.4, 0.5) is 0 Å². The predicted octanol–water partition coefficient (Wildman–Crippen LogP) is 2.98. The minimum atomic E-state index is 0.0952. The number of amides is 1. The zero-order chi connectivity index (χ0) is 11.2. The van der Waals surface area contributed by atoms with Crippen molar-refractivity contribution in [3.8, 4) is 0 Å². The van der Waals surface area contributed by atoms with E-state index in [1.807, 2.05) is 0 Å². The number of rotatable bonds is 5. The lowest BCUT2D eigenvalue weighted by Crippen LogP contribution is -2.31. The first kappa shape index (κ1) is 13.5. The van der Waals surface area contributed by atoms with Crippen LogP contribution in [0, 0.1) is 11.3 Å². The van der Waals surface area contributed by atoms with Gasteiger partial charge in [0.1, 0.15) is 0 Å². The molecule has 2 heteroatoms. The minimum absolute atomic E-state index is 0.0952. The molecule has 0 bridgehead atoms. The number of carbonyl (C=O) groups is 1. The summed E-state index contributed by atoms with van der Waals surface area (Å²) in [5.41, 5.74) is 0.0952. The SMILES string of the molecule is CCC(CC)CNC(=O)CC(C)(C)C. The molecule has 0 aliphatic rings. The molecule has 1 amide bonds. The van der Waals surface area contributed by atoms with Crippen LogP contribution in [0.1, 0.15) is 53.9 Å². The molecule has 0 heterocycles. The van der Waals surface area contributed by atoms with E-state index in [-0.39, 0.29) is 11.3 Å². The Hall–Kier alpha value is -0.530. The Kier molecular flexibility index (Phi) is 5.82. The summed E-state index contributed by atoms with van der Waals surface area (Å²) in [6.45, 7) is 11.4. The number of hydrogen-bond acceptors (Lipinski definition) is 1. The van der Waals surface area contributed by atoms with Gasteiger partial charge in [-0.15, -0.1) is 0 Å². The van der Waals surface area contributed by atoms with Crippen molar-refractivity contribution in [2.45, 2.75) is 53.9 Å². The van der Waals surface area contributed by atoms with Crippen LogP contribution in [0.3, 0.4) is 0 Å². The molecule has 0 rings (SSSR count). The molecule has 0 atom stereocenters. The average Bonchev–Trinajstić information content (AvgIpc) is 2.03. The summed E-state index contributed by atoms with van der Waals surface area (Å²) in [4.78, 5) is 11.5. The molecule has 0 aliphatic carbocycles. The number of hydrogen-bond donors (Lipinski definition) is 1. The zero-order valence-electron chi connectivity index (χ0n) is 10.3. The smallest absolute Gasteiger partial charge is 0.220 e. The molecule has 2 nitrogen and oxygen atoms in total. The molecule has 0 radical (unpaired) electrons. The van der Waals surface area contributed by atoms with E-state index in [0.29, 0.717) is 12.3 Å². The van der Waals surface area contributed by atoms with Crippen molar-refractivity contribution in [3.05, 3.63) is 0 Å². The van der Waals surface area contributed by atoms with Gasteiger partial charge in [-0.05, 0) is 11.3 Å². The normalized spacial score (nSPS) is 11.9. The molecule has 84 valence electrons. The Balaban J connectivity index is 3.74. The van der Waals surface area contributed by atoms with E-state index in [0.717, 1.165) is 19.4 Å². The third-order valence-corrected chi connectivity index (χ3v) is 2.43. The van der Waals surface area contributed by atoms with E-state index in [4.69, 9.17) is 0 Å². The molecular formula is C12H25NO. The lowest BCUT2D eigenvalue weighted by Gasteiger charge is -2.19. The van der Waals surface area contributed by atoms with Gasteiger partial charge in [0.25, 0.3) is 0 Å². The van der Waals surface area contributed by atoms with Gasteiger partial charge in [-0.1, -0.05) is 47.5 Å². The molecule has 0 aliphatic heterocycles. The third kappa shape index (κ3) is 6.93. The topological polar surface area (TPSA) is 29.1 Å². The number of nitrogens with one attached hydrogen (secondary N) is 1. The molecule has 0 fully saturated rings. The van der Waals surface area contributed by atoms with Crippen molar-refractivity contribution in [2.75, 3.05) is 6.54 Å². The first-order chi connectivity index (χ1) is 6.39. The quantitative estimate of drug-likeness (QED) is 0.724. The van der Waals surface area contributed by atoms with Crippen LogP contribution < -0.4 is 5.32 Å². The van der Waals surface area contributed by atoms with Gasteiger partial charge < -0.3 is 5.32 Å². The molecule has 1 N–H and O–H groups in total. The van der Waals surface area contributed by atoms with Gasteiger partial charge in [-0.25, -0.2) is 0 Å². The van der Waals surface area contributed by atoms with E-state index in [1.54, 1.807) is 0 Å². The fourth-order valence-electron chi connectivity index (χ4n) is 1.38. The van der Waals surface area contributed by atoms with Crippen LogP contribution in [-0.4, -0.2) is 12.5 Å². The van der Waals surface area contributed by atoms with Gasteiger partial charge in [0.2, 0.25) is 5.91 Å². The van der Waals surface area contributed by atoms with E-state index in [9.17, 15) is 4.79 Å². The van der Waals surface area contributed by atoms with Gasteiger partial charge in [0, 0.05) is 13.0 Å². The molecule has 0 saturated heterocycles. The molecule has 0 spiro atoms. The standard InChI is InChI=1S/C12H25NO/c1-6-10(7-2)9-13-11(14)8-12(3,4)5/h10H,6-9H2,1-5H3,(H,13,14). The van der Waals surface area contributed by atoms with Crippen molar-refractivity contribution in [3.63, 3.8) is 0 Å². The highest BCUT2D eigenvalue weighted by Crippen LogP contribution is 2.17. The second-order valence-corrected chi connectivity index (χ2v) is 5.22. The Morgan fingerprint density at radius 1 is 1.21 bits per heavy atom. The highest BCUT2D eigenvalue weighted by molar-refractivity contribution is 5.76. The Labute approximate surface area is 88.5 Å². The van der Waals surface area contributed by atoms with Gasteiger partial charge in [0.05, 0.1) is 0 Å². The van der Waals surface area contributed by atoms with Crippen LogP contribution in [0.25, 0.3) is 0 Å². The zero-order valence-corrected chi connectivity index (χ0v) is 10.3. The highest BCUT2D eigenvalue weighted by atomic mass is 16.1.